The molecule has 6 nitrogen and oxygen atoms in total. The standard InChI is InChI=1S/C17H18N2O4/c1-22-13-7-3-5-11(9-13)17(15(18)20,16(19)21)12-6-4-8-14(10-12)23-2/h3-10H,1-2H3,(H2,18,20)(H2,19,21). The van der Waals surface area contributed by atoms with Crippen LogP contribution in [0.3, 0.4) is 0 Å². The van der Waals surface area contributed by atoms with E-state index in [1.807, 2.05) is 0 Å². The van der Waals surface area contributed by atoms with Crippen LogP contribution in [0, 0.1) is 0 Å². The summed E-state index contributed by atoms with van der Waals surface area (Å²) in [5.41, 5.74) is 10.1. The van der Waals surface area contributed by atoms with E-state index in [1.54, 1.807) is 48.5 Å². The van der Waals surface area contributed by atoms with Crippen molar-refractivity contribution in [1.82, 2.24) is 0 Å². The molecule has 6 heteroatoms. The number of benzene rings is 2. The molecule has 0 saturated heterocycles. The van der Waals surface area contributed by atoms with Crippen LogP contribution in [0.25, 0.3) is 0 Å². The minimum Gasteiger partial charge on any atom is -0.497 e. The maximum atomic E-state index is 12.3. The fraction of sp³-hybridized carbons (Fsp3) is 0.176. The van der Waals surface area contributed by atoms with E-state index >= 15 is 0 Å². The van der Waals surface area contributed by atoms with E-state index in [9.17, 15) is 9.59 Å². The summed E-state index contributed by atoms with van der Waals surface area (Å²) in [7, 11) is 2.97. The Morgan fingerprint density at radius 2 is 1.22 bits per heavy atom. The first-order chi connectivity index (χ1) is 11.0. The topological polar surface area (TPSA) is 105 Å². The Balaban J connectivity index is 2.79. The zero-order chi connectivity index (χ0) is 17.0. The smallest absolute Gasteiger partial charge is 0.242 e. The largest absolute Gasteiger partial charge is 0.497 e. The SMILES string of the molecule is COc1cccc(C(C(N)=O)(C(N)=O)c2cccc(OC)c2)c1. The second-order valence-corrected chi connectivity index (χ2v) is 4.94. The van der Waals surface area contributed by atoms with Crippen molar-refractivity contribution >= 4 is 11.8 Å². The zero-order valence-electron chi connectivity index (χ0n) is 12.9. The molecule has 23 heavy (non-hydrogen) atoms. The molecule has 0 heterocycles. The predicted molar refractivity (Wildman–Crippen MR) is 85.2 cm³/mol. The van der Waals surface area contributed by atoms with Gasteiger partial charge in [0.2, 0.25) is 11.8 Å². The Bertz CT molecular complexity index is 679. The maximum Gasteiger partial charge on any atom is 0.242 e. The van der Waals surface area contributed by atoms with Crippen molar-refractivity contribution in [3.63, 3.8) is 0 Å². The lowest BCUT2D eigenvalue weighted by Crippen LogP contribution is -2.52. The van der Waals surface area contributed by atoms with Gasteiger partial charge < -0.3 is 20.9 Å². The molecule has 2 aromatic rings. The van der Waals surface area contributed by atoms with E-state index in [-0.39, 0.29) is 0 Å². The summed E-state index contributed by atoms with van der Waals surface area (Å²) >= 11 is 0. The zero-order valence-corrected chi connectivity index (χ0v) is 12.9. The van der Waals surface area contributed by atoms with Crippen LogP contribution in [-0.2, 0) is 15.0 Å². The quantitative estimate of drug-likeness (QED) is 0.775. The fourth-order valence-corrected chi connectivity index (χ4v) is 2.57. The maximum absolute atomic E-state index is 12.3. The van der Waals surface area contributed by atoms with Gasteiger partial charge >= 0.3 is 0 Å². The molecular weight excluding hydrogens is 296 g/mol. The minimum absolute atomic E-state index is 0.338. The molecule has 0 aliphatic rings. The Morgan fingerprint density at radius 3 is 1.52 bits per heavy atom. The predicted octanol–water partition coefficient (Wildman–Crippen LogP) is 0.961. The summed E-state index contributed by atoms with van der Waals surface area (Å²) in [6.45, 7) is 0. The first-order valence-corrected chi connectivity index (χ1v) is 6.85. The molecule has 4 N–H and O–H groups in total. The van der Waals surface area contributed by atoms with Crippen LogP contribution in [0.5, 0.6) is 11.5 Å². The fourth-order valence-electron chi connectivity index (χ4n) is 2.57. The van der Waals surface area contributed by atoms with Gasteiger partial charge in [-0.25, -0.2) is 0 Å². The first-order valence-electron chi connectivity index (χ1n) is 6.85. The number of rotatable bonds is 6. The van der Waals surface area contributed by atoms with Crippen LogP contribution < -0.4 is 20.9 Å². The van der Waals surface area contributed by atoms with E-state index in [2.05, 4.69) is 0 Å². The third kappa shape index (κ3) is 2.70. The Kier molecular flexibility index (Phi) is 4.55. The molecule has 0 aromatic heterocycles. The average molecular weight is 314 g/mol. The summed E-state index contributed by atoms with van der Waals surface area (Å²) in [5.74, 6) is -0.771. The van der Waals surface area contributed by atoms with Crippen LogP contribution in [-0.4, -0.2) is 26.0 Å². The van der Waals surface area contributed by atoms with Gasteiger partial charge in [-0.2, -0.15) is 0 Å². The molecule has 0 bridgehead atoms. The van der Waals surface area contributed by atoms with Crippen molar-refractivity contribution in [2.45, 2.75) is 5.41 Å². The van der Waals surface area contributed by atoms with E-state index in [0.717, 1.165) is 0 Å². The number of nitrogens with two attached hydrogens (primary N) is 2. The number of carbonyl (C=O) groups excluding carboxylic acids is 2. The molecule has 0 atom stereocenters. The summed E-state index contributed by atoms with van der Waals surface area (Å²) in [6, 6.07) is 13.1. The lowest BCUT2D eigenvalue weighted by atomic mass is 9.73. The van der Waals surface area contributed by atoms with Gasteiger partial charge in [0.25, 0.3) is 0 Å². The lowest BCUT2D eigenvalue weighted by Gasteiger charge is -2.29. The second kappa shape index (κ2) is 6.39. The van der Waals surface area contributed by atoms with Gasteiger partial charge in [-0.15, -0.1) is 0 Å². The van der Waals surface area contributed by atoms with E-state index < -0.39 is 17.2 Å². The molecule has 0 aliphatic heterocycles. The molecular formula is C17H18N2O4. The molecule has 0 spiro atoms. The molecule has 120 valence electrons. The van der Waals surface area contributed by atoms with Crippen molar-refractivity contribution in [2.24, 2.45) is 11.5 Å². The van der Waals surface area contributed by atoms with Crippen molar-refractivity contribution in [3.8, 4) is 11.5 Å². The third-order valence-electron chi connectivity index (χ3n) is 3.74. The second-order valence-electron chi connectivity index (χ2n) is 4.94. The van der Waals surface area contributed by atoms with Gasteiger partial charge in [0.05, 0.1) is 14.2 Å². The number of amides is 2. The minimum atomic E-state index is -1.82. The van der Waals surface area contributed by atoms with Crippen LogP contribution in [0.15, 0.2) is 48.5 Å². The third-order valence-corrected chi connectivity index (χ3v) is 3.74. The molecule has 2 rings (SSSR count). The van der Waals surface area contributed by atoms with Gasteiger partial charge in [0.1, 0.15) is 11.5 Å². The summed E-state index contributed by atoms with van der Waals surface area (Å²) < 4.78 is 10.3. The number of ether oxygens (including phenoxy) is 2. The molecule has 0 fully saturated rings. The number of methoxy groups -OCH3 is 2. The molecule has 0 saturated carbocycles. The average Bonchev–Trinajstić information content (AvgIpc) is 2.55. The highest BCUT2D eigenvalue weighted by molar-refractivity contribution is 6.13. The van der Waals surface area contributed by atoms with Gasteiger partial charge in [0.15, 0.2) is 5.41 Å². The number of primary amides is 2. The monoisotopic (exact) mass is 314 g/mol. The summed E-state index contributed by atoms with van der Waals surface area (Å²) in [4.78, 5) is 24.6. The van der Waals surface area contributed by atoms with Crippen LogP contribution >= 0.6 is 0 Å². The molecule has 2 aromatic carbocycles. The Labute approximate surface area is 134 Å². The Morgan fingerprint density at radius 1 is 0.826 bits per heavy atom. The number of carbonyl (C=O) groups is 2. The van der Waals surface area contributed by atoms with Crippen LogP contribution in [0.2, 0.25) is 0 Å². The lowest BCUT2D eigenvalue weighted by molar-refractivity contribution is -0.132. The summed E-state index contributed by atoms with van der Waals surface area (Å²) in [6.07, 6.45) is 0. The van der Waals surface area contributed by atoms with E-state index in [4.69, 9.17) is 20.9 Å². The van der Waals surface area contributed by atoms with Crippen LogP contribution in [0.1, 0.15) is 11.1 Å². The number of hydrogen-bond donors (Lipinski definition) is 2. The van der Waals surface area contributed by atoms with E-state index in [1.165, 1.54) is 14.2 Å². The van der Waals surface area contributed by atoms with Gasteiger partial charge in [-0.1, -0.05) is 24.3 Å². The Hall–Kier alpha value is -3.02. The highest BCUT2D eigenvalue weighted by atomic mass is 16.5. The van der Waals surface area contributed by atoms with E-state index in [0.29, 0.717) is 22.6 Å². The van der Waals surface area contributed by atoms with Crippen molar-refractivity contribution in [2.75, 3.05) is 14.2 Å². The van der Waals surface area contributed by atoms with Gasteiger partial charge in [-0.05, 0) is 35.4 Å². The first kappa shape index (κ1) is 16.4. The molecule has 0 aliphatic carbocycles. The van der Waals surface area contributed by atoms with Gasteiger partial charge in [-0.3, -0.25) is 9.59 Å². The highest BCUT2D eigenvalue weighted by Crippen LogP contribution is 2.35. The van der Waals surface area contributed by atoms with Crippen molar-refractivity contribution < 1.29 is 19.1 Å². The molecule has 2 amide bonds. The van der Waals surface area contributed by atoms with Crippen molar-refractivity contribution in [3.05, 3.63) is 59.7 Å². The summed E-state index contributed by atoms with van der Waals surface area (Å²) in [5, 5.41) is 0. The van der Waals surface area contributed by atoms with Crippen molar-refractivity contribution in [1.29, 1.82) is 0 Å². The highest BCUT2D eigenvalue weighted by Gasteiger charge is 2.47. The van der Waals surface area contributed by atoms with Gasteiger partial charge in [0, 0.05) is 0 Å². The number of hydrogen-bond acceptors (Lipinski definition) is 4. The van der Waals surface area contributed by atoms with Crippen LogP contribution in [0.4, 0.5) is 0 Å². The normalized spacial score (nSPS) is 10.9. The molecule has 0 unspecified atom stereocenters. The molecule has 0 radical (unpaired) electrons.